The number of ether oxygens (including phenoxy) is 1. The van der Waals surface area contributed by atoms with E-state index in [0.29, 0.717) is 13.2 Å². The maximum absolute atomic E-state index is 13.1. The normalized spacial score (nSPS) is 14.2. The number of fused-ring (bicyclic) bond motifs is 2. The lowest BCUT2D eigenvalue weighted by Crippen LogP contribution is -2.34. The first kappa shape index (κ1) is 20.3. The summed E-state index contributed by atoms with van der Waals surface area (Å²) in [5.74, 6) is 1.75. The van der Waals surface area contributed by atoms with Crippen molar-refractivity contribution in [1.29, 1.82) is 0 Å². The van der Waals surface area contributed by atoms with Crippen LogP contribution in [-0.2, 0) is 17.8 Å². The van der Waals surface area contributed by atoms with Crippen molar-refractivity contribution in [1.82, 2.24) is 4.90 Å². The molecule has 1 aliphatic rings. The van der Waals surface area contributed by atoms with E-state index in [-0.39, 0.29) is 5.91 Å². The van der Waals surface area contributed by atoms with Crippen LogP contribution >= 0.6 is 0 Å². The lowest BCUT2D eigenvalue weighted by molar-refractivity contribution is -0.126. The van der Waals surface area contributed by atoms with Crippen LogP contribution in [0.25, 0.3) is 16.5 Å². The lowest BCUT2D eigenvalue weighted by Gasteiger charge is -2.28. The molecule has 0 fully saturated rings. The molecule has 0 saturated heterocycles. The molecule has 4 nitrogen and oxygen atoms in total. The molecule has 0 aliphatic carbocycles. The number of hydrogen-bond acceptors (Lipinski definition) is 3. The Balaban J connectivity index is 1.70. The topological polar surface area (TPSA) is 42.7 Å². The van der Waals surface area contributed by atoms with Crippen LogP contribution in [0.4, 0.5) is 0 Å². The van der Waals surface area contributed by atoms with Crippen molar-refractivity contribution in [2.24, 2.45) is 0 Å². The fraction of sp³-hybridized carbons (Fsp3) is 0.346. The Kier molecular flexibility index (Phi) is 5.42. The first-order valence-electron chi connectivity index (χ1n) is 10.6. The number of carbonyl (C=O) groups is 1. The van der Waals surface area contributed by atoms with E-state index >= 15 is 0 Å². The van der Waals surface area contributed by atoms with Gasteiger partial charge >= 0.3 is 0 Å². The molecule has 0 bridgehead atoms. The quantitative estimate of drug-likeness (QED) is 0.521. The molecule has 0 atom stereocenters. The van der Waals surface area contributed by atoms with Gasteiger partial charge in [0.2, 0.25) is 5.91 Å². The summed E-state index contributed by atoms with van der Waals surface area (Å²) in [6.07, 6.45) is 2.65. The summed E-state index contributed by atoms with van der Waals surface area (Å²) in [5.41, 5.74) is 7.41. The Morgan fingerprint density at radius 1 is 1.17 bits per heavy atom. The van der Waals surface area contributed by atoms with Gasteiger partial charge in [0.05, 0.1) is 6.61 Å². The van der Waals surface area contributed by atoms with Crippen molar-refractivity contribution in [3.63, 3.8) is 0 Å². The number of benzene rings is 2. The minimum Gasteiger partial charge on any atom is -0.493 e. The highest BCUT2D eigenvalue weighted by Gasteiger charge is 2.22. The summed E-state index contributed by atoms with van der Waals surface area (Å²) in [5, 5.41) is 1.08. The number of amides is 1. The molecule has 4 heteroatoms. The molecule has 4 rings (SSSR count). The van der Waals surface area contributed by atoms with Crippen LogP contribution in [0.3, 0.4) is 0 Å². The second kappa shape index (κ2) is 8.02. The molecule has 0 N–H and O–H groups in total. The number of aryl methyl sites for hydroxylation is 3. The van der Waals surface area contributed by atoms with E-state index < -0.39 is 0 Å². The largest absolute Gasteiger partial charge is 0.493 e. The van der Waals surface area contributed by atoms with Crippen LogP contribution in [-0.4, -0.2) is 24.0 Å². The molecule has 2 aromatic carbocycles. The Hall–Kier alpha value is -3.01. The first-order chi connectivity index (χ1) is 14.4. The molecular formula is C26H29NO3. The average Bonchev–Trinajstić information content (AvgIpc) is 3.03. The average molecular weight is 404 g/mol. The SMILES string of the molecule is CCOc1c(/C(C)=C/C(=O)N2CCc3ccccc3C2)cc2c(C)c(C)oc2c1C. The fourth-order valence-electron chi connectivity index (χ4n) is 4.27. The van der Waals surface area contributed by atoms with Crippen molar-refractivity contribution in [2.45, 2.75) is 47.6 Å². The Bertz CT molecular complexity index is 1150. The van der Waals surface area contributed by atoms with Gasteiger partial charge in [-0.05, 0) is 69.4 Å². The second-order valence-corrected chi connectivity index (χ2v) is 8.08. The maximum Gasteiger partial charge on any atom is 0.247 e. The van der Waals surface area contributed by atoms with Gasteiger partial charge in [-0.2, -0.15) is 0 Å². The van der Waals surface area contributed by atoms with Gasteiger partial charge in [-0.3, -0.25) is 4.79 Å². The lowest BCUT2D eigenvalue weighted by atomic mass is 9.97. The van der Waals surface area contributed by atoms with Crippen molar-refractivity contribution >= 4 is 22.4 Å². The summed E-state index contributed by atoms with van der Waals surface area (Å²) in [4.78, 5) is 15.0. The molecule has 2 heterocycles. The standard InChI is InChI=1S/C26H29NO3/c1-6-29-25-18(4)26-23(17(3)19(5)30-26)14-22(25)16(2)13-24(28)27-12-11-20-9-7-8-10-21(20)15-27/h7-10,13-14H,6,11-12,15H2,1-5H3/b16-13+. The summed E-state index contributed by atoms with van der Waals surface area (Å²) in [6.45, 7) is 12.0. The number of carbonyl (C=O) groups excluding carboxylic acids is 1. The summed E-state index contributed by atoms with van der Waals surface area (Å²) < 4.78 is 12.0. The van der Waals surface area contributed by atoms with Gasteiger partial charge in [0.1, 0.15) is 17.1 Å². The van der Waals surface area contributed by atoms with Crippen molar-refractivity contribution in [3.05, 3.63) is 70.0 Å². The minimum atomic E-state index is 0.0438. The van der Waals surface area contributed by atoms with Crippen LogP contribution in [0.5, 0.6) is 5.75 Å². The molecule has 0 unspecified atom stereocenters. The fourth-order valence-corrected chi connectivity index (χ4v) is 4.27. The third-order valence-corrected chi connectivity index (χ3v) is 6.14. The van der Waals surface area contributed by atoms with Gasteiger partial charge in [-0.1, -0.05) is 24.3 Å². The zero-order valence-electron chi connectivity index (χ0n) is 18.5. The third-order valence-electron chi connectivity index (χ3n) is 6.14. The first-order valence-corrected chi connectivity index (χ1v) is 10.6. The zero-order valence-corrected chi connectivity index (χ0v) is 18.5. The van der Waals surface area contributed by atoms with Crippen LogP contribution in [0.1, 0.15) is 47.4 Å². The van der Waals surface area contributed by atoms with Gasteiger partial charge in [0.15, 0.2) is 0 Å². The van der Waals surface area contributed by atoms with E-state index in [9.17, 15) is 4.79 Å². The van der Waals surface area contributed by atoms with E-state index in [0.717, 1.165) is 57.7 Å². The van der Waals surface area contributed by atoms with Gasteiger partial charge in [-0.25, -0.2) is 0 Å². The molecule has 1 aliphatic heterocycles. The molecule has 3 aromatic rings. The smallest absolute Gasteiger partial charge is 0.247 e. The second-order valence-electron chi connectivity index (χ2n) is 8.08. The summed E-state index contributed by atoms with van der Waals surface area (Å²) in [7, 11) is 0. The third kappa shape index (κ3) is 3.51. The zero-order chi connectivity index (χ0) is 21.4. The van der Waals surface area contributed by atoms with E-state index in [1.807, 2.05) is 38.7 Å². The Morgan fingerprint density at radius 2 is 1.90 bits per heavy atom. The van der Waals surface area contributed by atoms with E-state index in [4.69, 9.17) is 9.15 Å². The molecule has 1 amide bonds. The maximum atomic E-state index is 13.1. The number of hydrogen-bond donors (Lipinski definition) is 0. The van der Waals surface area contributed by atoms with Crippen molar-refractivity contribution in [2.75, 3.05) is 13.2 Å². The molecule has 156 valence electrons. The van der Waals surface area contributed by atoms with Crippen molar-refractivity contribution in [3.8, 4) is 5.75 Å². The van der Waals surface area contributed by atoms with Gasteiger partial charge in [0.25, 0.3) is 0 Å². The molecular weight excluding hydrogens is 374 g/mol. The monoisotopic (exact) mass is 403 g/mol. The number of rotatable bonds is 4. The highest BCUT2D eigenvalue weighted by Crippen LogP contribution is 2.39. The Labute approximate surface area is 178 Å². The van der Waals surface area contributed by atoms with Crippen LogP contribution in [0.15, 0.2) is 40.8 Å². The molecule has 0 spiro atoms. The van der Waals surface area contributed by atoms with Gasteiger partial charge in [0, 0.05) is 35.7 Å². The van der Waals surface area contributed by atoms with Crippen LogP contribution in [0, 0.1) is 20.8 Å². The molecule has 30 heavy (non-hydrogen) atoms. The van der Waals surface area contributed by atoms with Gasteiger partial charge < -0.3 is 14.1 Å². The van der Waals surface area contributed by atoms with Crippen LogP contribution < -0.4 is 4.74 Å². The van der Waals surface area contributed by atoms with Gasteiger partial charge in [-0.15, -0.1) is 0 Å². The van der Waals surface area contributed by atoms with E-state index in [2.05, 4.69) is 31.2 Å². The predicted molar refractivity (Wildman–Crippen MR) is 121 cm³/mol. The highest BCUT2D eigenvalue weighted by molar-refractivity contribution is 5.98. The summed E-state index contributed by atoms with van der Waals surface area (Å²) in [6, 6.07) is 10.5. The molecule has 0 radical (unpaired) electrons. The number of allylic oxidation sites excluding steroid dienone is 1. The predicted octanol–water partition coefficient (Wildman–Crippen LogP) is 5.74. The minimum absolute atomic E-state index is 0.0438. The number of nitrogens with zero attached hydrogens (tertiary/aromatic N) is 1. The molecule has 0 saturated carbocycles. The van der Waals surface area contributed by atoms with Crippen molar-refractivity contribution < 1.29 is 13.9 Å². The Morgan fingerprint density at radius 3 is 2.63 bits per heavy atom. The van der Waals surface area contributed by atoms with E-state index in [1.54, 1.807) is 6.08 Å². The van der Waals surface area contributed by atoms with Crippen LogP contribution in [0.2, 0.25) is 0 Å². The summed E-state index contributed by atoms with van der Waals surface area (Å²) >= 11 is 0. The highest BCUT2D eigenvalue weighted by atomic mass is 16.5. The van der Waals surface area contributed by atoms with E-state index in [1.165, 1.54) is 11.1 Å². The number of furan rings is 1. The molecule has 1 aromatic heterocycles.